The fourth-order valence-corrected chi connectivity index (χ4v) is 1.09. The third kappa shape index (κ3) is 4.65. The van der Waals surface area contributed by atoms with E-state index in [-0.39, 0.29) is 18.3 Å². The van der Waals surface area contributed by atoms with Gasteiger partial charge in [0, 0.05) is 13.2 Å². The minimum Gasteiger partial charge on any atom is -0.467 e. The van der Waals surface area contributed by atoms with Crippen LogP contribution in [-0.2, 0) is 11.3 Å². The molecule has 0 saturated carbocycles. The largest absolute Gasteiger partial charge is 0.467 e. The van der Waals surface area contributed by atoms with Crippen LogP contribution in [0, 0.1) is 0 Å². The highest BCUT2D eigenvalue weighted by Gasteiger charge is 2.08. The molecule has 3 N–H and O–H groups in total. The lowest BCUT2D eigenvalue weighted by atomic mass is 10.3. The number of furan rings is 1. The average Bonchev–Trinajstić information content (AvgIpc) is 2.72. The van der Waals surface area contributed by atoms with Crippen LogP contribution in [0.15, 0.2) is 16.7 Å². The van der Waals surface area contributed by atoms with E-state index in [0.29, 0.717) is 37.6 Å². The lowest BCUT2D eigenvalue weighted by molar-refractivity contribution is 0.0922. The lowest BCUT2D eigenvalue weighted by Gasteiger charge is -2.02. The third-order valence-electron chi connectivity index (χ3n) is 1.85. The number of nitrogens with two attached hydrogens (primary N) is 1. The topological polar surface area (TPSA) is 77.5 Å². The quantitative estimate of drug-likeness (QED) is 0.734. The Balaban J connectivity index is 0.00000225. The molecule has 0 unspecified atom stereocenters. The minimum absolute atomic E-state index is 0. The number of hydrogen-bond acceptors (Lipinski definition) is 4. The van der Waals surface area contributed by atoms with Crippen LogP contribution in [-0.4, -0.2) is 25.7 Å². The molecule has 0 spiro atoms. The van der Waals surface area contributed by atoms with Gasteiger partial charge in [-0.15, -0.1) is 12.4 Å². The molecule has 6 heteroatoms. The number of rotatable bonds is 6. The molecule has 1 aromatic heterocycles. The zero-order valence-corrected chi connectivity index (χ0v) is 10.0. The van der Waals surface area contributed by atoms with Crippen molar-refractivity contribution in [3.63, 3.8) is 0 Å². The van der Waals surface area contributed by atoms with Crippen molar-refractivity contribution in [2.75, 3.05) is 19.8 Å². The molecule has 0 radical (unpaired) electrons. The van der Waals surface area contributed by atoms with Crippen molar-refractivity contribution in [2.45, 2.75) is 13.5 Å². The zero-order chi connectivity index (χ0) is 11.1. The van der Waals surface area contributed by atoms with Gasteiger partial charge in [0.25, 0.3) is 5.91 Å². The van der Waals surface area contributed by atoms with E-state index >= 15 is 0 Å². The van der Waals surface area contributed by atoms with Crippen LogP contribution in [0.3, 0.4) is 0 Å². The Morgan fingerprint density at radius 2 is 2.38 bits per heavy atom. The molecule has 0 saturated heterocycles. The summed E-state index contributed by atoms with van der Waals surface area (Å²) in [5.74, 6) is 0.433. The molecule has 0 aliphatic carbocycles. The second-order valence-electron chi connectivity index (χ2n) is 2.96. The van der Waals surface area contributed by atoms with E-state index in [1.807, 2.05) is 6.92 Å². The fraction of sp³-hybridized carbons (Fsp3) is 0.500. The van der Waals surface area contributed by atoms with Gasteiger partial charge < -0.3 is 20.2 Å². The van der Waals surface area contributed by atoms with E-state index in [1.165, 1.54) is 6.26 Å². The summed E-state index contributed by atoms with van der Waals surface area (Å²) in [6.07, 6.45) is 1.40. The first-order valence-electron chi connectivity index (χ1n) is 4.91. The molecule has 1 aromatic rings. The summed E-state index contributed by atoms with van der Waals surface area (Å²) in [7, 11) is 0. The van der Waals surface area contributed by atoms with Crippen molar-refractivity contribution in [3.8, 4) is 0 Å². The highest BCUT2D eigenvalue weighted by atomic mass is 35.5. The van der Waals surface area contributed by atoms with Crippen LogP contribution in [0.25, 0.3) is 0 Å². The first-order chi connectivity index (χ1) is 7.27. The van der Waals surface area contributed by atoms with Crippen LogP contribution >= 0.6 is 12.4 Å². The molecule has 0 aliphatic heterocycles. The minimum atomic E-state index is -0.168. The third-order valence-corrected chi connectivity index (χ3v) is 1.85. The molecule has 1 amide bonds. The molecular formula is C10H17ClN2O3. The first kappa shape index (κ1) is 15.0. The normalized spacial score (nSPS) is 9.62. The molecule has 92 valence electrons. The first-order valence-corrected chi connectivity index (χ1v) is 4.91. The summed E-state index contributed by atoms with van der Waals surface area (Å²) in [6.45, 7) is 3.87. The number of ether oxygens (including phenoxy) is 1. The molecule has 0 aliphatic rings. The molecule has 5 nitrogen and oxygen atoms in total. The van der Waals surface area contributed by atoms with E-state index in [0.717, 1.165) is 0 Å². The van der Waals surface area contributed by atoms with E-state index < -0.39 is 0 Å². The van der Waals surface area contributed by atoms with Gasteiger partial charge in [0.05, 0.1) is 18.7 Å². The highest BCUT2D eigenvalue weighted by molar-refractivity contribution is 5.93. The Kier molecular flexibility index (Phi) is 7.62. The van der Waals surface area contributed by atoms with Crippen molar-refractivity contribution in [1.82, 2.24) is 5.32 Å². The summed E-state index contributed by atoms with van der Waals surface area (Å²) >= 11 is 0. The number of carbonyl (C=O) groups is 1. The Morgan fingerprint density at radius 3 is 2.94 bits per heavy atom. The number of carbonyl (C=O) groups excluding carboxylic acids is 1. The SMILES string of the molecule is CCOCCNC(=O)c1coc(CN)c1.Cl. The maximum atomic E-state index is 11.5. The second kappa shape index (κ2) is 8.15. The second-order valence-corrected chi connectivity index (χ2v) is 2.96. The molecule has 16 heavy (non-hydrogen) atoms. The summed E-state index contributed by atoms with van der Waals surface area (Å²) < 4.78 is 10.1. The summed E-state index contributed by atoms with van der Waals surface area (Å²) in [5.41, 5.74) is 5.85. The standard InChI is InChI=1S/C10H16N2O3.ClH/c1-2-14-4-3-12-10(13)8-5-9(6-11)15-7-8;/h5,7H,2-4,6,11H2,1H3,(H,12,13);1H. The van der Waals surface area contributed by atoms with Gasteiger partial charge in [-0.25, -0.2) is 0 Å². The van der Waals surface area contributed by atoms with Crippen molar-refractivity contribution >= 4 is 18.3 Å². The van der Waals surface area contributed by atoms with Crippen molar-refractivity contribution in [3.05, 3.63) is 23.7 Å². The molecule has 0 bridgehead atoms. The number of nitrogens with one attached hydrogen (secondary N) is 1. The lowest BCUT2D eigenvalue weighted by Crippen LogP contribution is -2.26. The van der Waals surface area contributed by atoms with E-state index in [4.69, 9.17) is 14.9 Å². The Bertz CT molecular complexity index is 315. The van der Waals surface area contributed by atoms with Crippen LogP contribution in [0.5, 0.6) is 0 Å². The monoisotopic (exact) mass is 248 g/mol. The molecule has 1 heterocycles. The van der Waals surface area contributed by atoms with Crippen molar-refractivity contribution < 1.29 is 13.9 Å². The molecule has 0 fully saturated rings. The van der Waals surface area contributed by atoms with Crippen molar-refractivity contribution in [2.24, 2.45) is 5.73 Å². The van der Waals surface area contributed by atoms with Gasteiger partial charge in [-0.1, -0.05) is 0 Å². The molecule has 1 rings (SSSR count). The summed E-state index contributed by atoms with van der Waals surface area (Å²) in [5, 5.41) is 2.71. The van der Waals surface area contributed by atoms with Crippen LogP contribution in [0.4, 0.5) is 0 Å². The maximum Gasteiger partial charge on any atom is 0.254 e. The highest BCUT2D eigenvalue weighted by Crippen LogP contribution is 2.06. The maximum absolute atomic E-state index is 11.5. The number of amides is 1. The van der Waals surface area contributed by atoms with Crippen LogP contribution < -0.4 is 11.1 Å². The Hall–Kier alpha value is -1.04. The van der Waals surface area contributed by atoms with Gasteiger partial charge >= 0.3 is 0 Å². The fourth-order valence-electron chi connectivity index (χ4n) is 1.09. The van der Waals surface area contributed by atoms with Gasteiger partial charge in [0.1, 0.15) is 12.0 Å². The van der Waals surface area contributed by atoms with Gasteiger partial charge in [-0.3, -0.25) is 4.79 Å². The van der Waals surface area contributed by atoms with Crippen LogP contribution in [0.2, 0.25) is 0 Å². The van der Waals surface area contributed by atoms with Gasteiger partial charge in [-0.05, 0) is 13.0 Å². The van der Waals surface area contributed by atoms with E-state index in [2.05, 4.69) is 5.32 Å². The van der Waals surface area contributed by atoms with Gasteiger partial charge in [0.15, 0.2) is 0 Å². The summed E-state index contributed by atoms with van der Waals surface area (Å²) in [4.78, 5) is 11.5. The average molecular weight is 249 g/mol. The zero-order valence-electron chi connectivity index (χ0n) is 9.19. The molecular weight excluding hydrogens is 232 g/mol. The Morgan fingerprint density at radius 1 is 1.62 bits per heavy atom. The number of halogens is 1. The van der Waals surface area contributed by atoms with E-state index in [9.17, 15) is 4.79 Å². The van der Waals surface area contributed by atoms with Gasteiger partial charge in [0.2, 0.25) is 0 Å². The molecule has 0 atom stereocenters. The summed E-state index contributed by atoms with van der Waals surface area (Å²) in [6, 6.07) is 1.63. The molecule has 0 aromatic carbocycles. The predicted octanol–water partition coefficient (Wildman–Crippen LogP) is 0.926. The van der Waals surface area contributed by atoms with Crippen molar-refractivity contribution in [1.29, 1.82) is 0 Å². The van der Waals surface area contributed by atoms with Gasteiger partial charge in [-0.2, -0.15) is 0 Å². The Labute approximate surface area is 101 Å². The predicted molar refractivity (Wildman–Crippen MR) is 62.7 cm³/mol. The number of hydrogen-bond donors (Lipinski definition) is 2. The van der Waals surface area contributed by atoms with E-state index in [1.54, 1.807) is 6.07 Å². The smallest absolute Gasteiger partial charge is 0.254 e. The van der Waals surface area contributed by atoms with Crippen LogP contribution in [0.1, 0.15) is 23.0 Å².